The van der Waals surface area contributed by atoms with Gasteiger partial charge in [-0.05, 0) is 17.5 Å². The molecule has 15 heavy (non-hydrogen) atoms. The van der Waals surface area contributed by atoms with Crippen molar-refractivity contribution in [3.05, 3.63) is 43.7 Å². The first kappa shape index (κ1) is 13.9. The number of halogens is 4. The first-order valence-electron chi connectivity index (χ1n) is 3.85. The maximum atomic E-state index is 5.63. The molecule has 0 spiro atoms. The van der Waals surface area contributed by atoms with E-state index in [9.17, 15) is 0 Å². The summed E-state index contributed by atoms with van der Waals surface area (Å²) in [5.41, 5.74) is 0. The van der Waals surface area contributed by atoms with Crippen molar-refractivity contribution in [2.75, 3.05) is 5.75 Å². The lowest BCUT2D eigenvalue weighted by Crippen LogP contribution is -1.71. The third kappa shape index (κ3) is 4.68. The van der Waals surface area contributed by atoms with Gasteiger partial charge in [-0.3, -0.25) is 0 Å². The molecule has 1 aromatic rings. The molecule has 0 unspecified atom stereocenters. The molecule has 0 atom stereocenters. The summed E-state index contributed by atoms with van der Waals surface area (Å²) < 4.78 is 0. The van der Waals surface area contributed by atoms with Crippen LogP contribution >= 0.6 is 68.0 Å². The number of benzene rings is 1. The van der Waals surface area contributed by atoms with Crippen LogP contribution in [-0.2, 0) is 0 Å². The Labute approximate surface area is 117 Å². The second kappa shape index (κ2) is 7.21. The summed E-state index contributed by atoms with van der Waals surface area (Å²) in [4.78, 5) is 0. The van der Waals surface area contributed by atoms with Gasteiger partial charge in [0.05, 0.1) is 20.1 Å². The lowest BCUT2D eigenvalue weighted by molar-refractivity contribution is 1.70. The predicted octanol–water partition coefficient (Wildman–Crippen LogP) is 6.20. The number of rotatable bonds is 0. The van der Waals surface area contributed by atoms with Crippen LogP contribution in [0.15, 0.2) is 23.6 Å². The van der Waals surface area contributed by atoms with Crippen LogP contribution in [0, 0.1) is 0 Å². The molecular formula is C9H6Cl4S2. The lowest BCUT2D eigenvalue weighted by atomic mass is 10.4. The highest BCUT2D eigenvalue weighted by Crippen LogP contribution is 2.34. The fraction of sp³-hybridized carbons (Fsp3) is 0.111. The van der Waals surface area contributed by atoms with Crippen LogP contribution in [-0.4, -0.2) is 5.75 Å². The van der Waals surface area contributed by atoms with Gasteiger partial charge in [0.1, 0.15) is 0 Å². The van der Waals surface area contributed by atoms with Crippen molar-refractivity contribution < 1.29 is 0 Å². The van der Waals surface area contributed by atoms with E-state index in [1.165, 1.54) is 5.75 Å². The smallest absolute Gasteiger partial charge is 0.0793 e. The molecule has 1 aliphatic rings. The summed E-state index contributed by atoms with van der Waals surface area (Å²) >= 11 is 22.5. The van der Waals surface area contributed by atoms with E-state index in [0.29, 0.717) is 20.1 Å². The second-order valence-corrected chi connectivity index (χ2v) is 6.30. The van der Waals surface area contributed by atoms with Crippen LogP contribution in [0.1, 0.15) is 0 Å². The molecule has 1 heterocycles. The highest BCUT2D eigenvalue weighted by molar-refractivity contribution is 8.78. The Hall–Kier alpha value is 0.820. The number of hydrogen-bond acceptors (Lipinski definition) is 2. The Kier molecular flexibility index (Phi) is 6.67. The quantitative estimate of drug-likeness (QED) is 0.317. The van der Waals surface area contributed by atoms with Gasteiger partial charge in [-0.1, -0.05) is 74.1 Å². The minimum absolute atomic E-state index is 0.302. The highest BCUT2D eigenvalue weighted by atomic mass is 35.5. The Morgan fingerprint density at radius 2 is 1.47 bits per heavy atom. The van der Waals surface area contributed by atoms with Gasteiger partial charge in [0.2, 0.25) is 0 Å². The van der Waals surface area contributed by atoms with Crippen molar-refractivity contribution in [2.45, 2.75) is 0 Å². The van der Waals surface area contributed by atoms with Gasteiger partial charge in [-0.2, -0.15) is 0 Å². The van der Waals surface area contributed by atoms with Crippen LogP contribution in [0.2, 0.25) is 20.1 Å². The molecular weight excluding hydrogens is 314 g/mol. The molecule has 6 heteroatoms. The van der Waals surface area contributed by atoms with E-state index in [1.807, 2.05) is 21.6 Å². The average molecular weight is 320 g/mol. The summed E-state index contributed by atoms with van der Waals surface area (Å²) in [7, 11) is 3.69. The zero-order valence-corrected chi connectivity index (χ0v) is 12.0. The van der Waals surface area contributed by atoms with E-state index >= 15 is 0 Å². The molecule has 0 saturated carbocycles. The van der Waals surface area contributed by atoms with Crippen molar-refractivity contribution in [3.8, 4) is 0 Å². The van der Waals surface area contributed by atoms with Crippen LogP contribution in [0.4, 0.5) is 0 Å². The van der Waals surface area contributed by atoms with E-state index in [0.717, 1.165) is 0 Å². The van der Waals surface area contributed by atoms with Gasteiger partial charge >= 0.3 is 0 Å². The first-order chi connectivity index (χ1) is 7.13. The van der Waals surface area contributed by atoms with E-state index in [4.69, 9.17) is 46.4 Å². The van der Waals surface area contributed by atoms with E-state index in [1.54, 1.807) is 12.1 Å². The molecule has 0 nitrogen and oxygen atoms in total. The maximum absolute atomic E-state index is 5.63. The molecule has 0 radical (unpaired) electrons. The Morgan fingerprint density at radius 3 is 1.73 bits per heavy atom. The van der Waals surface area contributed by atoms with Crippen molar-refractivity contribution in [1.29, 1.82) is 0 Å². The monoisotopic (exact) mass is 318 g/mol. The summed E-state index contributed by atoms with van der Waals surface area (Å²) in [5, 5.41) is 3.55. The molecule has 1 aromatic carbocycles. The minimum Gasteiger partial charge on any atom is -0.0854 e. The van der Waals surface area contributed by atoms with Gasteiger partial charge < -0.3 is 0 Å². The van der Waals surface area contributed by atoms with Crippen molar-refractivity contribution >= 4 is 68.0 Å². The van der Waals surface area contributed by atoms with Gasteiger partial charge in [0.15, 0.2) is 0 Å². The Morgan fingerprint density at radius 1 is 0.933 bits per heavy atom. The zero-order valence-electron chi connectivity index (χ0n) is 7.34. The largest absolute Gasteiger partial charge is 0.0854 e. The van der Waals surface area contributed by atoms with Crippen molar-refractivity contribution in [2.24, 2.45) is 0 Å². The van der Waals surface area contributed by atoms with Gasteiger partial charge in [-0.15, -0.1) is 0 Å². The average Bonchev–Trinajstić information content (AvgIpc) is 2.79. The highest BCUT2D eigenvalue weighted by Gasteiger charge is 2.05. The van der Waals surface area contributed by atoms with E-state index in [2.05, 4.69) is 11.5 Å². The molecule has 0 N–H and O–H groups in total. The Balaban J connectivity index is 0.000000187. The molecule has 0 saturated heterocycles. The van der Waals surface area contributed by atoms with Crippen LogP contribution < -0.4 is 0 Å². The SMILES string of the molecule is C1=CSSC1.Clc1ccc(Cl)c(Cl)c1Cl. The van der Waals surface area contributed by atoms with Gasteiger partial charge in [0.25, 0.3) is 0 Å². The van der Waals surface area contributed by atoms with Crippen LogP contribution in [0.3, 0.4) is 0 Å². The molecule has 1 aliphatic heterocycles. The molecule has 0 amide bonds. The molecule has 0 aliphatic carbocycles. The number of hydrogen-bond donors (Lipinski definition) is 0. The van der Waals surface area contributed by atoms with Crippen molar-refractivity contribution in [3.63, 3.8) is 0 Å². The molecule has 82 valence electrons. The maximum Gasteiger partial charge on any atom is 0.0793 e. The summed E-state index contributed by atoms with van der Waals surface area (Å²) in [6.07, 6.45) is 2.16. The molecule has 2 rings (SSSR count). The molecule has 0 aromatic heterocycles. The Bertz CT molecular complexity index is 332. The van der Waals surface area contributed by atoms with E-state index < -0.39 is 0 Å². The summed E-state index contributed by atoms with van der Waals surface area (Å²) in [6, 6.07) is 3.19. The van der Waals surface area contributed by atoms with Crippen LogP contribution in [0.5, 0.6) is 0 Å². The third-order valence-corrected chi connectivity index (χ3v) is 5.00. The lowest BCUT2D eigenvalue weighted by Gasteiger charge is -1.98. The second-order valence-electron chi connectivity index (χ2n) is 2.41. The molecule has 0 fully saturated rings. The van der Waals surface area contributed by atoms with E-state index in [-0.39, 0.29) is 0 Å². The summed E-state index contributed by atoms with van der Waals surface area (Å²) in [6.45, 7) is 0. The third-order valence-electron chi connectivity index (χ3n) is 1.37. The molecule has 0 bridgehead atoms. The fourth-order valence-corrected chi connectivity index (χ4v) is 3.01. The zero-order chi connectivity index (χ0) is 11.3. The first-order valence-corrected chi connectivity index (χ1v) is 7.74. The normalized spacial score (nSPS) is 13.6. The van der Waals surface area contributed by atoms with Gasteiger partial charge in [-0.25, -0.2) is 0 Å². The topological polar surface area (TPSA) is 0 Å². The van der Waals surface area contributed by atoms with Crippen LogP contribution in [0.25, 0.3) is 0 Å². The minimum atomic E-state index is 0.302. The van der Waals surface area contributed by atoms with Crippen molar-refractivity contribution in [1.82, 2.24) is 0 Å². The van der Waals surface area contributed by atoms with Gasteiger partial charge in [0, 0.05) is 5.75 Å². The standard InChI is InChI=1S/C6H2Cl4.C3H4S2/c7-3-1-2-4(8)6(10)5(3)9;1-2-4-5-3-1/h1-2H;1-2H,3H2. The summed E-state index contributed by atoms with van der Waals surface area (Å²) in [5.74, 6) is 1.20. The predicted molar refractivity (Wildman–Crippen MR) is 75.7 cm³/mol. The fourth-order valence-electron chi connectivity index (χ4n) is 0.699.